The Kier molecular flexibility index (Phi) is 5.48. The van der Waals surface area contributed by atoms with Crippen LogP contribution in [0.4, 0.5) is 0 Å². The lowest BCUT2D eigenvalue weighted by atomic mass is 10.1. The number of benzene rings is 1. The molecule has 1 saturated heterocycles. The van der Waals surface area contributed by atoms with Gasteiger partial charge in [0.1, 0.15) is 10.8 Å². The van der Waals surface area contributed by atoms with Crippen LogP contribution in [0.3, 0.4) is 0 Å². The van der Waals surface area contributed by atoms with Crippen molar-refractivity contribution in [1.82, 2.24) is 9.88 Å². The van der Waals surface area contributed by atoms with Gasteiger partial charge in [0, 0.05) is 24.0 Å². The first kappa shape index (κ1) is 16.9. The highest BCUT2D eigenvalue weighted by molar-refractivity contribution is 7.13. The molecule has 0 spiro atoms. The molecule has 0 aliphatic carbocycles. The van der Waals surface area contributed by atoms with Crippen molar-refractivity contribution in [1.29, 1.82) is 0 Å². The number of ether oxygens (including phenoxy) is 1. The van der Waals surface area contributed by atoms with Gasteiger partial charge in [0.25, 0.3) is 0 Å². The molecule has 1 unspecified atom stereocenters. The average Bonchev–Trinajstić information content (AvgIpc) is 3.04. The van der Waals surface area contributed by atoms with Crippen LogP contribution in [0, 0.1) is 0 Å². The lowest BCUT2D eigenvalue weighted by Crippen LogP contribution is -2.42. The third-order valence-electron chi connectivity index (χ3n) is 4.05. The summed E-state index contributed by atoms with van der Waals surface area (Å²) in [5.74, 6) is 0.883. The Hall–Kier alpha value is -1.92. The maximum atomic E-state index is 12.3. The summed E-state index contributed by atoms with van der Waals surface area (Å²) < 4.78 is 5.44. The van der Waals surface area contributed by atoms with E-state index in [9.17, 15) is 9.90 Å². The van der Waals surface area contributed by atoms with Gasteiger partial charge in [-0.25, -0.2) is 4.98 Å². The number of carbonyl (C=O) groups is 1. The fourth-order valence-corrected chi connectivity index (χ4v) is 3.65. The van der Waals surface area contributed by atoms with Crippen molar-refractivity contribution < 1.29 is 14.6 Å². The molecule has 1 aromatic heterocycles. The van der Waals surface area contributed by atoms with Gasteiger partial charge in [-0.3, -0.25) is 4.79 Å². The van der Waals surface area contributed by atoms with Gasteiger partial charge in [-0.2, -0.15) is 0 Å². The van der Waals surface area contributed by atoms with Gasteiger partial charge < -0.3 is 14.7 Å². The quantitative estimate of drug-likeness (QED) is 0.904. The minimum Gasteiger partial charge on any atom is -0.494 e. The molecule has 5 nitrogen and oxygen atoms in total. The maximum Gasteiger partial charge on any atom is 0.228 e. The molecule has 1 aliphatic rings. The molecule has 3 rings (SSSR count). The van der Waals surface area contributed by atoms with Crippen LogP contribution >= 0.6 is 11.3 Å². The standard InChI is InChI=1S/C18H22N2O3S/c1-2-23-16-7-5-13(6-8-16)18-19-14(12-24-18)10-17(22)20-9-3-4-15(21)11-20/h5-8,12,15,21H,2-4,9-11H2,1H3. The molecule has 1 atom stereocenters. The van der Waals surface area contributed by atoms with E-state index in [0.29, 0.717) is 19.6 Å². The maximum absolute atomic E-state index is 12.3. The smallest absolute Gasteiger partial charge is 0.228 e. The van der Waals surface area contributed by atoms with Crippen molar-refractivity contribution in [2.24, 2.45) is 0 Å². The number of thiazole rings is 1. The topological polar surface area (TPSA) is 62.7 Å². The third-order valence-corrected chi connectivity index (χ3v) is 4.99. The molecule has 6 heteroatoms. The monoisotopic (exact) mass is 346 g/mol. The molecule has 1 fully saturated rings. The Morgan fingerprint density at radius 1 is 1.42 bits per heavy atom. The number of hydrogen-bond donors (Lipinski definition) is 1. The highest BCUT2D eigenvalue weighted by Crippen LogP contribution is 2.26. The van der Waals surface area contributed by atoms with E-state index in [0.717, 1.165) is 41.4 Å². The predicted octanol–water partition coefficient (Wildman–Crippen LogP) is 2.73. The molecular weight excluding hydrogens is 324 g/mol. The number of nitrogens with zero attached hydrogens (tertiary/aromatic N) is 2. The number of piperidine rings is 1. The van der Waals surface area contributed by atoms with Gasteiger partial charge in [-0.15, -0.1) is 11.3 Å². The van der Waals surface area contributed by atoms with Gasteiger partial charge >= 0.3 is 0 Å². The highest BCUT2D eigenvalue weighted by atomic mass is 32.1. The molecule has 2 heterocycles. The number of β-amino-alcohol motifs (C(OH)–C–C–N with tert-alkyl or cyclic N) is 1. The second-order valence-corrected chi connectivity index (χ2v) is 6.77. The van der Waals surface area contributed by atoms with E-state index in [1.807, 2.05) is 36.6 Å². The number of likely N-dealkylation sites (tertiary alicyclic amines) is 1. The SMILES string of the molecule is CCOc1ccc(-c2nc(CC(=O)N3CCCC(O)C3)cs2)cc1. The van der Waals surface area contributed by atoms with Crippen molar-refractivity contribution >= 4 is 17.2 Å². The van der Waals surface area contributed by atoms with E-state index in [-0.39, 0.29) is 5.91 Å². The molecule has 0 bridgehead atoms. The van der Waals surface area contributed by atoms with Gasteiger partial charge in [-0.05, 0) is 44.0 Å². The lowest BCUT2D eigenvalue weighted by molar-refractivity contribution is -0.133. The summed E-state index contributed by atoms with van der Waals surface area (Å²) in [4.78, 5) is 18.7. The number of hydrogen-bond acceptors (Lipinski definition) is 5. The largest absolute Gasteiger partial charge is 0.494 e. The summed E-state index contributed by atoms with van der Waals surface area (Å²) in [7, 11) is 0. The molecule has 0 saturated carbocycles. The summed E-state index contributed by atoms with van der Waals surface area (Å²) in [6.45, 7) is 3.77. The molecule has 24 heavy (non-hydrogen) atoms. The number of aliphatic hydroxyl groups is 1. The minimum atomic E-state index is -0.391. The number of aromatic nitrogens is 1. The van der Waals surface area contributed by atoms with Crippen LogP contribution in [0.2, 0.25) is 0 Å². The number of carbonyl (C=O) groups excluding carboxylic acids is 1. The van der Waals surface area contributed by atoms with Crippen LogP contribution in [-0.2, 0) is 11.2 Å². The lowest BCUT2D eigenvalue weighted by Gasteiger charge is -2.29. The first-order valence-corrected chi connectivity index (χ1v) is 9.17. The van der Waals surface area contributed by atoms with Crippen LogP contribution in [0.15, 0.2) is 29.6 Å². The summed E-state index contributed by atoms with van der Waals surface area (Å²) in [5, 5.41) is 12.5. The van der Waals surface area contributed by atoms with Crippen LogP contribution in [0.1, 0.15) is 25.5 Å². The van der Waals surface area contributed by atoms with Gasteiger partial charge in [-0.1, -0.05) is 0 Å². The molecule has 1 N–H and O–H groups in total. The van der Waals surface area contributed by atoms with E-state index in [1.165, 1.54) is 11.3 Å². The van der Waals surface area contributed by atoms with E-state index >= 15 is 0 Å². The number of aliphatic hydroxyl groups excluding tert-OH is 1. The van der Waals surface area contributed by atoms with Gasteiger partial charge in [0.2, 0.25) is 5.91 Å². The first-order valence-electron chi connectivity index (χ1n) is 8.29. The van der Waals surface area contributed by atoms with Crippen molar-refractivity contribution in [3.8, 4) is 16.3 Å². The van der Waals surface area contributed by atoms with Gasteiger partial charge in [0.05, 0.1) is 24.8 Å². The molecule has 1 amide bonds. The zero-order valence-corrected chi connectivity index (χ0v) is 14.6. The Labute approximate surface area is 145 Å². The Balaban J connectivity index is 1.63. The summed E-state index contributed by atoms with van der Waals surface area (Å²) in [6, 6.07) is 7.83. The third kappa shape index (κ3) is 4.13. The summed E-state index contributed by atoms with van der Waals surface area (Å²) >= 11 is 1.54. The first-order chi connectivity index (χ1) is 11.7. The zero-order valence-electron chi connectivity index (χ0n) is 13.8. The summed E-state index contributed by atoms with van der Waals surface area (Å²) in [5.41, 5.74) is 1.81. The predicted molar refractivity (Wildman–Crippen MR) is 94.2 cm³/mol. The second-order valence-electron chi connectivity index (χ2n) is 5.91. The van der Waals surface area contributed by atoms with Crippen molar-refractivity contribution in [3.63, 3.8) is 0 Å². The Bertz CT molecular complexity index is 684. The Morgan fingerprint density at radius 2 is 2.21 bits per heavy atom. The number of rotatable bonds is 5. The van der Waals surface area contributed by atoms with Crippen LogP contribution in [0.25, 0.3) is 10.6 Å². The normalized spacial score (nSPS) is 17.8. The van der Waals surface area contributed by atoms with Crippen LogP contribution in [-0.4, -0.2) is 46.7 Å². The number of amides is 1. The fraction of sp³-hybridized carbons (Fsp3) is 0.444. The molecule has 1 aliphatic heterocycles. The van der Waals surface area contributed by atoms with Gasteiger partial charge in [0.15, 0.2) is 0 Å². The van der Waals surface area contributed by atoms with Crippen LogP contribution < -0.4 is 4.74 Å². The molecule has 128 valence electrons. The van der Waals surface area contributed by atoms with Crippen molar-refractivity contribution in [2.75, 3.05) is 19.7 Å². The molecule has 1 aromatic carbocycles. The van der Waals surface area contributed by atoms with Crippen molar-refractivity contribution in [2.45, 2.75) is 32.3 Å². The average molecular weight is 346 g/mol. The fourth-order valence-electron chi connectivity index (χ4n) is 2.83. The van der Waals surface area contributed by atoms with E-state index in [2.05, 4.69) is 4.98 Å². The molecule has 2 aromatic rings. The highest BCUT2D eigenvalue weighted by Gasteiger charge is 2.22. The van der Waals surface area contributed by atoms with Crippen molar-refractivity contribution in [3.05, 3.63) is 35.3 Å². The summed E-state index contributed by atoms with van der Waals surface area (Å²) in [6.07, 6.45) is 1.54. The van der Waals surface area contributed by atoms with E-state index in [4.69, 9.17) is 4.74 Å². The van der Waals surface area contributed by atoms with E-state index in [1.54, 1.807) is 4.90 Å². The molecule has 0 radical (unpaired) electrons. The molecular formula is C18H22N2O3S. The zero-order chi connectivity index (χ0) is 16.9. The van der Waals surface area contributed by atoms with E-state index < -0.39 is 6.10 Å². The van der Waals surface area contributed by atoms with Crippen LogP contribution in [0.5, 0.6) is 5.75 Å². The second kappa shape index (κ2) is 7.77. The minimum absolute atomic E-state index is 0.0392. The Morgan fingerprint density at radius 3 is 2.92 bits per heavy atom.